The molecule has 0 aliphatic heterocycles. The molecule has 3 aromatic rings. The van der Waals surface area contributed by atoms with Crippen LogP contribution in [0.4, 0.5) is 10.5 Å². The lowest BCUT2D eigenvalue weighted by Gasteiger charge is -2.06. The van der Waals surface area contributed by atoms with Crippen LogP contribution in [0.3, 0.4) is 0 Å². The van der Waals surface area contributed by atoms with Gasteiger partial charge in [-0.25, -0.2) is 4.79 Å². The highest BCUT2D eigenvalue weighted by molar-refractivity contribution is 8.00. The normalized spacial score (nSPS) is 10.5. The fourth-order valence-electron chi connectivity index (χ4n) is 2.83. The maximum Gasteiger partial charge on any atom is 0.515 e. The lowest BCUT2D eigenvalue weighted by Crippen LogP contribution is -2.15. The number of benzene rings is 2. The van der Waals surface area contributed by atoms with E-state index in [4.69, 9.17) is 4.74 Å². The van der Waals surface area contributed by atoms with Gasteiger partial charge < -0.3 is 14.8 Å². The number of aryl methyl sites for hydroxylation is 4. The largest absolute Gasteiger partial charge is 0.515 e. The molecule has 1 aromatic heterocycles. The molecule has 1 N–H and O–H groups in total. The Labute approximate surface area is 185 Å². The van der Waals surface area contributed by atoms with Gasteiger partial charge in [0.25, 0.3) is 5.88 Å². The van der Waals surface area contributed by atoms with Crippen molar-refractivity contribution in [1.82, 2.24) is 9.78 Å². The maximum absolute atomic E-state index is 12.5. The van der Waals surface area contributed by atoms with E-state index in [0.29, 0.717) is 12.2 Å². The number of methoxy groups -OCH3 is 1. The minimum absolute atomic E-state index is 0.00411. The van der Waals surface area contributed by atoms with Crippen LogP contribution in [0.5, 0.6) is 5.88 Å². The molecule has 7 nitrogen and oxygen atoms in total. The van der Waals surface area contributed by atoms with E-state index in [9.17, 15) is 9.59 Å². The summed E-state index contributed by atoms with van der Waals surface area (Å²) in [6.07, 6.45) is 1.50. The number of hydrogen-bond acceptors (Lipinski definition) is 6. The quantitative estimate of drug-likeness (QED) is 0.407. The van der Waals surface area contributed by atoms with Crippen molar-refractivity contribution in [3.8, 4) is 5.88 Å². The summed E-state index contributed by atoms with van der Waals surface area (Å²) < 4.78 is 11.3. The van der Waals surface area contributed by atoms with E-state index < -0.39 is 6.16 Å². The number of carbonyl (C=O) groups excluding carboxylic acids is 2. The highest BCUT2D eigenvalue weighted by atomic mass is 32.2. The van der Waals surface area contributed by atoms with Crippen molar-refractivity contribution in [3.05, 3.63) is 71.4 Å². The van der Waals surface area contributed by atoms with E-state index in [2.05, 4.69) is 28.1 Å². The smallest absolute Gasteiger partial charge is 0.437 e. The van der Waals surface area contributed by atoms with Gasteiger partial charge in [-0.15, -0.1) is 16.9 Å². The number of nitrogens with one attached hydrogen (secondary N) is 1. The monoisotopic (exact) mass is 439 g/mol. The molecule has 0 atom stereocenters. The SMILES string of the molecule is COC(=O)Oc1nn(CCc2ccccc2)cc1NC(=O)CSc1ccc(C)c(C)c1. The predicted octanol–water partition coefficient (Wildman–Crippen LogP) is 4.62. The number of hydrogen-bond donors (Lipinski definition) is 1. The third kappa shape index (κ3) is 6.62. The zero-order chi connectivity index (χ0) is 22.2. The van der Waals surface area contributed by atoms with E-state index in [1.807, 2.05) is 49.4 Å². The molecule has 0 saturated carbocycles. The van der Waals surface area contributed by atoms with Crippen LogP contribution in [0.15, 0.2) is 59.6 Å². The van der Waals surface area contributed by atoms with Gasteiger partial charge in [0.05, 0.1) is 19.1 Å². The van der Waals surface area contributed by atoms with Crippen LogP contribution in [0.25, 0.3) is 0 Å². The third-order valence-corrected chi connectivity index (χ3v) is 5.66. The standard InChI is InChI=1S/C23H25N3O4S/c1-16-9-10-19(13-17(16)2)31-15-21(27)24-20-14-26(25-22(20)30-23(28)29-3)12-11-18-7-5-4-6-8-18/h4-10,13-14H,11-12,15H2,1-3H3,(H,24,27). The Hall–Kier alpha value is -3.26. The highest BCUT2D eigenvalue weighted by Gasteiger charge is 2.17. The number of carbonyl (C=O) groups is 2. The molecular formula is C23H25N3O4S. The highest BCUT2D eigenvalue weighted by Crippen LogP contribution is 2.25. The summed E-state index contributed by atoms with van der Waals surface area (Å²) in [6.45, 7) is 4.66. The molecule has 0 saturated heterocycles. The van der Waals surface area contributed by atoms with Crippen LogP contribution < -0.4 is 10.1 Å². The van der Waals surface area contributed by atoms with Crippen LogP contribution in [0.2, 0.25) is 0 Å². The topological polar surface area (TPSA) is 82.4 Å². The number of aromatic nitrogens is 2. The van der Waals surface area contributed by atoms with Gasteiger partial charge in [-0.3, -0.25) is 9.48 Å². The third-order valence-electron chi connectivity index (χ3n) is 4.67. The summed E-state index contributed by atoms with van der Waals surface area (Å²) in [5.74, 6) is 0.0000226. The van der Waals surface area contributed by atoms with Crippen molar-refractivity contribution in [1.29, 1.82) is 0 Å². The predicted molar refractivity (Wildman–Crippen MR) is 121 cm³/mol. The van der Waals surface area contributed by atoms with Crippen molar-refractivity contribution < 1.29 is 19.1 Å². The molecule has 3 rings (SSSR count). The number of anilines is 1. The van der Waals surface area contributed by atoms with E-state index in [0.717, 1.165) is 16.9 Å². The molecule has 31 heavy (non-hydrogen) atoms. The van der Waals surface area contributed by atoms with E-state index >= 15 is 0 Å². The van der Waals surface area contributed by atoms with Gasteiger partial charge in [0.1, 0.15) is 5.69 Å². The summed E-state index contributed by atoms with van der Waals surface area (Å²) in [7, 11) is 1.22. The molecule has 162 valence electrons. The molecule has 0 unspecified atom stereocenters. The summed E-state index contributed by atoms with van der Waals surface area (Å²) in [4.78, 5) is 25.1. The Morgan fingerprint density at radius 2 is 1.87 bits per heavy atom. The van der Waals surface area contributed by atoms with Crippen LogP contribution in [-0.4, -0.2) is 34.7 Å². The Bertz CT molecular complexity index is 1050. The average molecular weight is 440 g/mol. The minimum Gasteiger partial charge on any atom is -0.437 e. The number of ether oxygens (including phenoxy) is 2. The van der Waals surface area contributed by atoms with Gasteiger partial charge in [0, 0.05) is 11.4 Å². The Morgan fingerprint density at radius 1 is 1.10 bits per heavy atom. The summed E-state index contributed by atoms with van der Waals surface area (Å²) in [5, 5.41) is 7.06. The molecular weight excluding hydrogens is 414 g/mol. The lowest BCUT2D eigenvalue weighted by molar-refractivity contribution is -0.113. The van der Waals surface area contributed by atoms with Crippen molar-refractivity contribution in [2.75, 3.05) is 18.2 Å². The Morgan fingerprint density at radius 3 is 2.58 bits per heavy atom. The fraction of sp³-hybridized carbons (Fsp3) is 0.261. The Balaban J connectivity index is 1.65. The Kier molecular flexibility index (Phi) is 7.72. The van der Waals surface area contributed by atoms with Crippen LogP contribution in [-0.2, 0) is 22.5 Å². The van der Waals surface area contributed by atoms with E-state index in [-0.39, 0.29) is 17.5 Å². The molecule has 0 fully saturated rings. The first kappa shape index (κ1) is 22.4. The van der Waals surface area contributed by atoms with Crippen LogP contribution in [0.1, 0.15) is 16.7 Å². The number of rotatable bonds is 8. The molecule has 0 bridgehead atoms. The first-order valence-electron chi connectivity index (χ1n) is 9.81. The molecule has 1 heterocycles. The lowest BCUT2D eigenvalue weighted by atomic mass is 10.1. The molecule has 1 amide bonds. The van der Waals surface area contributed by atoms with Crippen molar-refractivity contribution in [3.63, 3.8) is 0 Å². The second kappa shape index (κ2) is 10.7. The van der Waals surface area contributed by atoms with Gasteiger partial charge in [0.15, 0.2) is 0 Å². The second-order valence-electron chi connectivity index (χ2n) is 6.99. The molecule has 2 aromatic carbocycles. The van der Waals surface area contributed by atoms with Crippen LogP contribution >= 0.6 is 11.8 Å². The van der Waals surface area contributed by atoms with Gasteiger partial charge in [-0.05, 0) is 49.1 Å². The van der Waals surface area contributed by atoms with Crippen LogP contribution in [0, 0.1) is 13.8 Å². The first-order chi connectivity index (χ1) is 14.9. The fourth-order valence-corrected chi connectivity index (χ4v) is 3.62. The van der Waals surface area contributed by atoms with Gasteiger partial charge >= 0.3 is 6.16 Å². The first-order valence-corrected chi connectivity index (χ1v) is 10.8. The zero-order valence-corrected chi connectivity index (χ0v) is 18.6. The number of amides is 1. The van der Waals surface area contributed by atoms with E-state index in [1.54, 1.807) is 10.9 Å². The molecule has 0 aliphatic carbocycles. The summed E-state index contributed by atoms with van der Waals surface area (Å²) >= 11 is 1.44. The van der Waals surface area contributed by atoms with Gasteiger partial charge in [-0.1, -0.05) is 36.4 Å². The number of nitrogens with zero attached hydrogens (tertiary/aromatic N) is 2. The zero-order valence-electron chi connectivity index (χ0n) is 17.8. The van der Waals surface area contributed by atoms with Crippen molar-refractivity contribution >= 4 is 29.5 Å². The van der Waals surface area contributed by atoms with Gasteiger partial charge in [-0.2, -0.15) is 0 Å². The van der Waals surface area contributed by atoms with E-state index in [1.165, 1.54) is 30.0 Å². The summed E-state index contributed by atoms with van der Waals surface area (Å²) in [6, 6.07) is 16.1. The second-order valence-corrected chi connectivity index (χ2v) is 8.03. The molecule has 0 aliphatic rings. The molecule has 8 heteroatoms. The molecule has 0 radical (unpaired) electrons. The maximum atomic E-state index is 12.5. The van der Waals surface area contributed by atoms with Crippen molar-refractivity contribution in [2.24, 2.45) is 0 Å². The van der Waals surface area contributed by atoms with Crippen molar-refractivity contribution in [2.45, 2.75) is 31.7 Å². The van der Waals surface area contributed by atoms with Gasteiger partial charge in [0.2, 0.25) is 5.91 Å². The minimum atomic E-state index is -0.895. The molecule has 0 spiro atoms. The summed E-state index contributed by atoms with van der Waals surface area (Å²) in [5.41, 5.74) is 3.87. The number of thioether (sulfide) groups is 1. The average Bonchev–Trinajstić information content (AvgIpc) is 3.14.